The number of anilines is 1. The van der Waals surface area contributed by atoms with Crippen molar-refractivity contribution in [2.75, 3.05) is 11.9 Å². The summed E-state index contributed by atoms with van der Waals surface area (Å²) in [5.41, 5.74) is 1.28. The summed E-state index contributed by atoms with van der Waals surface area (Å²) in [6, 6.07) is 1.80. The van der Waals surface area contributed by atoms with Crippen molar-refractivity contribution < 1.29 is 22.7 Å². The third-order valence-electron chi connectivity index (χ3n) is 4.92. The molecule has 0 saturated heterocycles. The third-order valence-corrected chi connectivity index (χ3v) is 4.92. The minimum atomic E-state index is -4.06. The van der Waals surface area contributed by atoms with E-state index in [4.69, 9.17) is 4.74 Å². The molecule has 2 heterocycles. The van der Waals surface area contributed by atoms with E-state index in [9.17, 15) is 18.0 Å². The number of nitrogens with one attached hydrogen (secondary N) is 2. The lowest BCUT2D eigenvalue weighted by atomic mass is 9.80. The maximum atomic E-state index is 12.7. The number of aromatic nitrogens is 2. The van der Waals surface area contributed by atoms with Crippen LogP contribution in [0.3, 0.4) is 0 Å². The summed E-state index contributed by atoms with van der Waals surface area (Å²) in [4.78, 5) is 18.5. The number of hydrogen-bond donors (Lipinski definition) is 2. The van der Waals surface area contributed by atoms with Crippen LogP contribution in [-0.4, -0.2) is 28.7 Å². The van der Waals surface area contributed by atoms with Crippen LogP contribution in [0.2, 0.25) is 0 Å². The van der Waals surface area contributed by atoms with Crippen LogP contribution in [0, 0.1) is 11.8 Å². The lowest BCUT2D eigenvalue weighted by molar-refractivity contribution is -0.184. The van der Waals surface area contributed by atoms with E-state index in [0.717, 1.165) is 11.8 Å². The Bertz CT molecular complexity index is 765. The molecule has 0 aliphatic heterocycles. The van der Waals surface area contributed by atoms with E-state index in [1.807, 2.05) is 0 Å². The van der Waals surface area contributed by atoms with Crippen LogP contribution >= 0.6 is 0 Å². The number of aromatic amines is 1. The van der Waals surface area contributed by atoms with Crippen LogP contribution in [0.4, 0.5) is 18.9 Å². The summed E-state index contributed by atoms with van der Waals surface area (Å²) in [6.45, 7) is 1.87. The average molecular weight is 369 g/mol. The second kappa shape index (κ2) is 7.55. The van der Waals surface area contributed by atoms with Crippen LogP contribution in [0.15, 0.2) is 18.5 Å². The molecular weight excluding hydrogens is 347 g/mol. The number of amides is 1. The normalized spacial score (nSPS) is 20.9. The number of fused-ring (bicyclic) bond motifs is 1. The first kappa shape index (κ1) is 18.5. The van der Waals surface area contributed by atoms with E-state index in [2.05, 4.69) is 15.3 Å². The molecule has 0 aromatic carbocycles. The molecule has 2 N–H and O–H groups in total. The van der Waals surface area contributed by atoms with Crippen LogP contribution in [0.1, 0.15) is 39.0 Å². The number of hydrogen-bond acceptors (Lipinski definition) is 3. The van der Waals surface area contributed by atoms with Crippen LogP contribution < -0.4 is 10.1 Å². The Kier molecular flexibility index (Phi) is 5.38. The van der Waals surface area contributed by atoms with Crippen LogP contribution in [0.5, 0.6) is 5.75 Å². The van der Waals surface area contributed by atoms with Gasteiger partial charge in [0.2, 0.25) is 5.91 Å². The molecule has 2 aromatic rings. The highest BCUT2D eigenvalue weighted by Gasteiger charge is 2.41. The van der Waals surface area contributed by atoms with Gasteiger partial charge in [-0.2, -0.15) is 13.2 Å². The highest BCUT2D eigenvalue weighted by atomic mass is 19.4. The molecule has 1 fully saturated rings. The van der Waals surface area contributed by atoms with Crippen LogP contribution in [0.25, 0.3) is 11.0 Å². The Morgan fingerprint density at radius 1 is 1.35 bits per heavy atom. The van der Waals surface area contributed by atoms with Crippen molar-refractivity contribution in [2.45, 2.75) is 45.2 Å². The summed E-state index contributed by atoms with van der Waals surface area (Å²) in [5, 5.41) is 3.47. The summed E-state index contributed by atoms with van der Waals surface area (Å²) in [7, 11) is 0. The second-order valence-corrected chi connectivity index (χ2v) is 6.85. The SMILES string of the molecule is CC(=O)Nc1c[nH]c2ncc(OCCC3CCC(C(F)(F)F)CC3)cc12. The Morgan fingerprint density at radius 3 is 2.73 bits per heavy atom. The number of carbonyl (C=O) groups excluding carboxylic acids is 1. The minimum Gasteiger partial charge on any atom is -0.492 e. The summed E-state index contributed by atoms with van der Waals surface area (Å²) in [5.74, 6) is -0.473. The van der Waals surface area contributed by atoms with Gasteiger partial charge in [0.25, 0.3) is 0 Å². The summed E-state index contributed by atoms with van der Waals surface area (Å²) < 4.78 is 43.8. The predicted octanol–water partition coefficient (Wildman–Crippen LogP) is 4.66. The van der Waals surface area contributed by atoms with Crippen molar-refractivity contribution in [3.05, 3.63) is 18.5 Å². The van der Waals surface area contributed by atoms with E-state index in [1.54, 1.807) is 18.5 Å². The van der Waals surface area contributed by atoms with Gasteiger partial charge in [-0.3, -0.25) is 4.79 Å². The number of ether oxygens (including phenoxy) is 1. The highest BCUT2D eigenvalue weighted by Crippen LogP contribution is 2.40. The maximum Gasteiger partial charge on any atom is 0.391 e. The van der Waals surface area contributed by atoms with Crippen LogP contribution in [-0.2, 0) is 4.79 Å². The van der Waals surface area contributed by atoms with Gasteiger partial charge in [0.1, 0.15) is 11.4 Å². The quantitative estimate of drug-likeness (QED) is 0.806. The average Bonchev–Trinajstić information content (AvgIpc) is 2.96. The monoisotopic (exact) mass is 369 g/mol. The number of halogens is 3. The van der Waals surface area contributed by atoms with E-state index in [1.165, 1.54) is 6.92 Å². The molecule has 1 amide bonds. The van der Waals surface area contributed by atoms with Gasteiger partial charge in [0.05, 0.1) is 24.4 Å². The van der Waals surface area contributed by atoms with Crippen molar-refractivity contribution in [3.8, 4) is 5.75 Å². The molecule has 1 saturated carbocycles. The van der Waals surface area contributed by atoms with Gasteiger partial charge in [0.15, 0.2) is 0 Å². The fourth-order valence-corrected chi connectivity index (χ4v) is 3.48. The van der Waals surface area contributed by atoms with E-state index in [-0.39, 0.29) is 24.7 Å². The molecule has 142 valence electrons. The molecule has 1 aliphatic carbocycles. The molecule has 0 spiro atoms. The summed E-state index contributed by atoms with van der Waals surface area (Å²) >= 11 is 0. The number of alkyl halides is 3. The zero-order valence-corrected chi connectivity index (χ0v) is 14.5. The number of carbonyl (C=O) groups is 1. The van der Waals surface area contributed by atoms with Gasteiger partial charge in [-0.25, -0.2) is 4.98 Å². The Morgan fingerprint density at radius 2 is 2.08 bits per heavy atom. The molecule has 8 heteroatoms. The molecule has 5 nitrogen and oxygen atoms in total. The largest absolute Gasteiger partial charge is 0.492 e. The lowest BCUT2D eigenvalue weighted by Crippen LogP contribution is -2.28. The predicted molar refractivity (Wildman–Crippen MR) is 92.0 cm³/mol. The molecular formula is C18H22F3N3O2. The van der Waals surface area contributed by atoms with Gasteiger partial charge < -0.3 is 15.0 Å². The highest BCUT2D eigenvalue weighted by molar-refractivity contribution is 5.99. The molecule has 0 unspecified atom stereocenters. The molecule has 0 radical (unpaired) electrons. The number of nitrogens with zero attached hydrogens (tertiary/aromatic N) is 1. The first-order valence-corrected chi connectivity index (χ1v) is 8.77. The maximum absolute atomic E-state index is 12.7. The second-order valence-electron chi connectivity index (χ2n) is 6.85. The first-order chi connectivity index (χ1) is 12.3. The molecule has 0 atom stereocenters. The topological polar surface area (TPSA) is 67.0 Å². The van der Waals surface area contributed by atoms with E-state index >= 15 is 0 Å². The van der Waals surface area contributed by atoms with Gasteiger partial charge in [0, 0.05) is 18.5 Å². The van der Waals surface area contributed by atoms with Crippen molar-refractivity contribution in [1.29, 1.82) is 0 Å². The fourth-order valence-electron chi connectivity index (χ4n) is 3.48. The minimum absolute atomic E-state index is 0.174. The van der Waals surface area contributed by atoms with Crippen molar-refractivity contribution >= 4 is 22.6 Å². The van der Waals surface area contributed by atoms with Crippen molar-refractivity contribution in [3.63, 3.8) is 0 Å². The standard InChI is InChI=1S/C18H22F3N3O2/c1-11(25)24-16-10-23-17-15(16)8-14(9-22-17)26-7-6-12-2-4-13(5-3-12)18(19,20)21/h8-10,12-13H,2-7H2,1H3,(H,22,23)(H,24,25). The smallest absolute Gasteiger partial charge is 0.391 e. The molecule has 26 heavy (non-hydrogen) atoms. The van der Waals surface area contributed by atoms with Gasteiger partial charge in [-0.1, -0.05) is 0 Å². The fraction of sp³-hybridized carbons (Fsp3) is 0.556. The molecule has 1 aliphatic rings. The number of H-pyrrole nitrogens is 1. The Labute approximate surface area is 149 Å². The van der Waals surface area contributed by atoms with Gasteiger partial charge in [-0.15, -0.1) is 0 Å². The molecule has 3 rings (SSSR count). The Balaban J connectivity index is 1.51. The summed E-state index contributed by atoms with van der Waals surface area (Å²) in [6.07, 6.45) is 1.54. The zero-order chi connectivity index (χ0) is 18.7. The van der Waals surface area contributed by atoms with E-state index < -0.39 is 12.1 Å². The number of rotatable bonds is 5. The number of pyridine rings is 1. The lowest BCUT2D eigenvalue weighted by Gasteiger charge is -2.29. The zero-order valence-electron chi connectivity index (χ0n) is 14.5. The molecule has 2 aromatic heterocycles. The first-order valence-electron chi connectivity index (χ1n) is 8.77. The Hall–Kier alpha value is -2.25. The van der Waals surface area contributed by atoms with Crippen molar-refractivity contribution in [1.82, 2.24) is 9.97 Å². The molecule has 0 bridgehead atoms. The van der Waals surface area contributed by atoms with E-state index in [0.29, 0.717) is 36.5 Å². The van der Waals surface area contributed by atoms with Crippen molar-refractivity contribution in [2.24, 2.45) is 11.8 Å². The van der Waals surface area contributed by atoms with Gasteiger partial charge >= 0.3 is 6.18 Å². The van der Waals surface area contributed by atoms with Gasteiger partial charge in [-0.05, 0) is 44.1 Å². The third kappa shape index (κ3) is 4.47.